The van der Waals surface area contributed by atoms with Gasteiger partial charge in [0.15, 0.2) is 0 Å². The first-order chi connectivity index (χ1) is 9.06. The summed E-state index contributed by atoms with van der Waals surface area (Å²) in [6.07, 6.45) is 3.99. The van der Waals surface area contributed by atoms with Gasteiger partial charge in [-0.3, -0.25) is 0 Å². The Morgan fingerprint density at radius 2 is 2.00 bits per heavy atom. The normalized spacial score (nSPS) is 35.7. The number of hydrogen-bond acceptors (Lipinski definition) is 2. The van der Waals surface area contributed by atoms with Crippen molar-refractivity contribution in [3.05, 3.63) is 35.9 Å². The van der Waals surface area contributed by atoms with Gasteiger partial charge in [-0.1, -0.05) is 44.2 Å². The number of thioether (sulfide) groups is 1. The number of fused-ring (bicyclic) bond motifs is 2. The summed E-state index contributed by atoms with van der Waals surface area (Å²) in [6, 6.07) is 11.2. The maximum absolute atomic E-state index is 6.50. The first kappa shape index (κ1) is 13.5. The minimum atomic E-state index is 0.386. The third-order valence-corrected chi connectivity index (χ3v) is 7.22. The summed E-state index contributed by atoms with van der Waals surface area (Å²) in [6.45, 7) is 4.92. The molecule has 0 aliphatic heterocycles. The van der Waals surface area contributed by atoms with E-state index in [2.05, 4.69) is 55.9 Å². The molecule has 0 saturated heterocycles. The summed E-state index contributed by atoms with van der Waals surface area (Å²) < 4.78 is 0. The predicted molar refractivity (Wildman–Crippen MR) is 84.1 cm³/mol. The highest BCUT2D eigenvalue weighted by Crippen LogP contribution is 2.66. The average Bonchev–Trinajstić information content (AvgIpc) is 2.74. The molecule has 3 atom stereocenters. The van der Waals surface area contributed by atoms with Crippen LogP contribution >= 0.6 is 11.8 Å². The van der Waals surface area contributed by atoms with E-state index in [-0.39, 0.29) is 0 Å². The zero-order chi connectivity index (χ0) is 13.5. The summed E-state index contributed by atoms with van der Waals surface area (Å²) in [5.74, 6) is 3.21. The Labute approximate surface area is 121 Å². The Hall–Kier alpha value is -0.470. The fourth-order valence-corrected chi connectivity index (χ4v) is 6.04. The van der Waals surface area contributed by atoms with Crippen LogP contribution in [-0.4, -0.2) is 11.8 Å². The lowest BCUT2D eigenvalue weighted by molar-refractivity contribution is 0.142. The van der Waals surface area contributed by atoms with Crippen molar-refractivity contribution in [3.63, 3.8) is 0 Å². The van der Waals surface area contributed by atoms with Gasteiger partial charge in [0.05, 0.1) is 0 Å². The highest BCUT2D eigenvalue weighted by atomic mass is 32.2. The van der Waals surface area contributed by atoms with Crippen LogP contribution < -0.4 is 5.73 Å². The second kappa shape index (κ2) is 4.82. The van der Waals surface area contributed by atoms with E-state index in [1.807, 2.05) is 0 Å². The Bertz CT molecular complexity index is 442. The van der Waals surface area contributed by atoms with E-state index in [9.17, 15) is 0 Å². The molecule has 19 heavy (non-hydrogen) atoms. The van der Waals surface area contributed by atoms with Crippen LogP contribution in [0.3, 0.4) is 0 Å². The molecule has 0 aromatic heterocycles. The average molecular weight is 275 g/mol. The smallest absolute Gasteiger partial charge is 0.0184 e. The van der Waals surface area contributed by atoms with Crippen molar-refractivity contribution in [1.82, 2.24) is 0 Å². The van der Waals surface area contributed by atoms with Crippen molar-refractivity contribution in [2.75, 3.05) is 5.75 Å². The minimum absolute atomic E-state index is 0.386. The molecular weight excluding hydrogens is 250 g/mol. The van der Waals surface area contributed by atoms with Crippen LogP contribution in [0, 0.1) is 16.7 Å². The highest BCUT2D eigenvalue weighted by molar-refractivity contribution is 7.98. The molecule has 2 bridgehead atoms. The van der Waals surface area contributed by atoms with Gasteiger partial charge in [0.25, 0.3) is 0 Å². The number of benzene rings is 1. The van der Waals surface area contributed by atoms with Crippen LogP contribution in [0.25, 0.3) is 0 Å². The van der Waals surface area contributed by atoms with Gasteiger partial charge in [-0.25, -0.2) is 0 Å². The van der Waals surface area contributed by atoms with Gasteiger partial charge in [-0.2, -0.15) is 11.8 Å². The van der Waals surface area contributed by atoms with Gasteiger partial charge < -0.3 is 5.73 Å². The molecule has 0 amide bonds. The van der Waals surface area contributed by atoms with E-state index in [1.165, 1.54) is 30.6 Å². The van der Waals surface area contributed by atoms with Crippen LogP contribution in [0.5, 0.6) is 0 Å². The highest BCUT2D eigenvalue weighted by Gasteiger charge is 2.62. The number of rotatable bonds is 4. The molecule has 2 aliphatic carbocycles. The van der Waals surface area contributed by atoms with E-state index >= 15 is 0 Å². The largest absolute Gasteiger partial charge is 0.327 e. The first-order valence-corrected chi connectivity index (χ1v) is 8.59. The molecule has 1 aromatic rings. The topological polar surface area (TPSA) is 26.0 Å². The van der Waals surface area contributed by atoms with Crippen molar-refractivity contribution >= 4 is 11.8 Å². The lowest BCUT2D eigenvalue weighted by Gasteiger charge is -2.41. The lowest BCUT2D eigenvalue weighted by atomic mass is 9.69. The molecule has 0 spiro atoms. The van der Waals surface area contributed by atoms with Crippen LogP contribution in [0.4, 0.5) is 0 Å². The molecule has 2 aliphatic rings. The Morgan fingerprint density at radius 3 is 2.58 bits per heavy atom. The SMILES string of the molecule is CC1(C)C2CCC1(CSCc1ccccc1)C(N)C2. The molecule has 2 heteroatoms. The lowest BCUT2D eigenvalue weighted by Crippen LogP contribution is -2.45. The van der Waals surface area contributed by atoms with Crippen LogP contribution in [0.15, 0.2) is 30.3 Å². The van der Waals surface area contributed by atoms with Gasteiger partial charge in [-0.05, 0) is 41.6 Å². The minimum Gasteiger partial charge on any atom is -0.327 e. The first-order valence-electron chi connectivity index (χ1n) is 7.43. The van der Waals surface area contributed by atoms with E-state index in [1.54, 1.807) is 0 Å². The van der Waals surface area contributed by atoms with Gasteiger partial charge in [0, 0.05) is 17.5 Å². The molecule has 2 N–H and O–H groups in total. The summed E-state index contributed by atoms with van der Waals surface area (Å²) in [7, 11) is 0. The zero-order valence-corrected chi connectivity index (χ0v) is 12.9. The number of nitrogens with two attached hydrogens (primary N) is 1. The van der Waals surface area contributed by atoms with Crippen molar-refractivity contribution in [2.24, 2.45) is 22.5 Å². The van der Waals surface area contributed by atoms with Crippen molar-refractivity contribution in [2.45, 2.75) is 44.9 Å². The Kier molecular flexibility index (Phi) is 3.43. The van der Waals surface area contributed by atoms with Crippen LogP contribution in [0.2, 0.25) is 0 Å². The molecule has 104 valence electrons. The van der Waals surface area contributed by atoms with Crippen LogP contribution in [0.1, 0.15) is 38.7 Å². The molecule has 0 heterocycles. The number of hydrogen-bond donors (Lipinski definition) is 1. The quantitative estimate of drug-likeness (QED) is 0.896. The third kappa shape index (κ3) is 2.04. The monoisotopic (exact) mass is 275 g/mol. The summed E-state index contributed by atoms with van der Waals surface area (Å²) in [4.78, 5) is 0. The molecule has 2 saturated carbocycles. The Balaban J connectivity index is 1.66. The van der Waals surface area contributed by atoms with Crippen LogP contribution in [-0.2, 0) is 5.75 Å². The van der Waals surface area contributed by atoms with Gasteiger partial charge in [0.2, 0.25) is 0 Å². The molecule has 1 nitrogen and oxygen atoms in total. The van der Waals surface area contributed by atoms with Gasteiger partial charge in [-0.15, -0.1) is 0 Å². The zero-order valence-electron chi connectivity index (χ0n) is 12.1. The van der Waals surface area contributed by atoms with Crippen molar-refractivity contribution < 1.29 is 0 Å². The predicted octanol–water partition coefficient (Wildman–Crippen LogP) is 4.07. The summed E-state index contributed by atoms with van der Waals surface area (Å²) in [5.41, 5.74) is 8.76. The summed E-state index contributed by atoms with van der Waals surface area (Å²) >= 11 is 2.08. The third-order valence-electron chi connectivity index (χ3n) is 5.96. The second-order valence-corrected chi connectivity index (χ2v) is 7.92. The van der Waals surface area contributed by atoms with E-state index < -0.39 is 0 Å². The molecule has 3 unspecified atom stereocenters. The van der Waals surface area contributed by atoms with E-state index in [0.29, 0.717) is 16.9 Å². The van der Waals surface area contributed by atoms with Crippen molar-refractivity contribution in [1.29, 1.82) is 0 Å². The molecule has 2 fully saturated rings. The maximum atomic E-state index is 6.50. The van der Waals surface area contributed by atoms with Gasteiger partial charge in [0.1, 0.15) is 0 Å². The van der Waals surface area contributed by atoms with E-state index in [4.69, 9.17) is 5.73 Å². The fourth-order valence-electron chi connectivity index (χ4n) is 4.42. The second-order valence-electron chi connectivity index (χ2n) is 6.93. The molecular formula is C17H25NS. The molecule has 1 aromatic carbocycles. The van der Waals surface area contributed by atoms with E-state index in [0.717, 1.165) is 11.7 Å². The van der Waals surface area contributed by atoms with Crippen molar-refractivity contribution in [3.8, 4) is 0 Å². The Morgan fingerprint density at radius 1 is 1.26 bits per heavy atom. The molecule has 3 rings (SSSR count). The standard InChI is InChI=1S/C17H25NS/c1-16(2)14-8-9-17(16,15(18)10-14)12-19-11-13-6-4-3-5-7-13/h3-7,14-15H,8-12,18H2,1-2H3. The molecule has 0 radical (unpaired) electrons. The van der Waals surface area contributed by atoms with Gasteiger partial charge >= 0.3 is 0 Å². The summed E-state index contributed by atoms with van der Waals surface area (Å²) in [5, 5.41) is 0. The fraction of sp³-hybridized carbons (Fsp3) is 0.647. The maximum Gasteiger partial charge on any atom is 0.0184 e.